The summed E-state index contributed by atoms with van der Waals surface area (Å²) in [6.45, 7) is -0.280. The number of nitrogens with one attached hydrogen (secondary N) is 1. The van der Waals surface area contributed by atoms with Gasteiger partial charge in [0.2, 0.25) is 5.91 Å². The van der Waals surface area contributed by atoms with Gasteiger partial charge in [0.25, 0.3) is 5.69 Å². The predicted octanol–water partition coefficient (Wildman–Crippen LogP) is 0.881. The van der Waals surface area contributed by atoms with Gasteiger partial charge >= 0.3 is 5.97 Å². The number of nitro benzene ring substituents is 1. The van der Waals surface area contributed by atoms with Gasteiger partial charge in [-0.1, -0.05) is 11.6 Å². The second-order valence-electron chi connectivity index (χ2n) is 4.38. The Bertz CT molecular complexity index is 564. The summed E-state index contributed by atoms with van der Waals surface area (Å²) in [5, 5.41) is 21.7. The van der Waals surface area contributed by atoms with E-state index in [2.05, 4.69) is 5.32 Å². The highest BCUT2D eigenvalue weighted by Crippen LogP contribution is 2.22. The van der Waals surface area contributed by atoms with Crippen molar-refractivity contribution < 1.29 is 19.6 Å². The van der Waals surface area contributed by atoms with E-state index in [-0.39, 0.29) is 18.8 Å². The molecule has 0 unspecified atom stereocenters. The third-order valence-corrected chi connectivity index (χ3v) is 2.90. The molecule has 0 aliphatic rings. The number of hydrogen-bond acceptors (Lipinski definition) is 5. The number of carboxylic acids is 1. The quantitative estimate of drug-likeness (QED) is 0.570. The lowest BCUT2D eigenvalue weighted by molar-refractivity contribution is -0.384. The van der Waals surface area contributed by atoms with E-state index >= 15 is 0 Å². The van der Waals surface area contributed by atoms with Crippen LogP contribution in [-0.2, 0) is 16.1 Å². The summed E-state index contributed by atoms with van der Waals surface area (Å²) < 4.78 is 0. The molecule has 0 bridgehead atoms. The van der Waals surface area contributed by atoms with Crippen LogP contribution >= 0.6 is 11.6 Å². The van der Waals surface area contributed by atoms with Crippen molar-refractivity contribution in [2.24, 2.45) is 0 Å². The van der Waals surface area contributed by atoms with Crippen LogP contribution in [0.2, 0.25) is 5.02 Å². The number of carbonyl (C=O) groups excluding carboxylic acids is 1. The van der Waals surface area contributed by atoms with E-state index in [4.69, 9.17) is 16.7 Å². The Labute approximate surface area is 125 Å². The van der Waals surface area contributed by atoms with E-state index in [9.17, 15) is 19.7 Å². The van der Waals surface area contributed by atoms with Crippen LogP contribution in [-0.4, -0.2) is 46.9 Å². The smallest absolute Gasteiger partial charge is 0.322 e. The molecule has 0 atom stereocenters. The van der Waals surface area contributed by atoms with Crippen molar-refractivity contribution in [1.82, 2.24) is 10.2 Å². The molecular weight excluding hydrogens is 302 g/mol. The van der Waals surface area contributed by atoms with E-state index in [1.807, 2.05) is 0 Å². The van der Waals surface area contributed by atoms with Gasteiger partial charge in [0.15, 0.2) is 0 Å². The maximum absolute atomic E-state index is 11.5. The summed E-state index contributed by atoms with van der Waals surface area (Å²) in [4.78, 5) is 33.5. The Hall–Kier alpha value is -2.19. The minimum Gasteiger partial charge on any atom is -0.480 e. The Morgan fingerprint density at radius 2 is 2.14 bits per heavy atom. The molecule has 0 aliphatic heterocycles. The largest absolute Gasteiger partial charge is 0.480 e. The molecule has 1 amide bonds. The van der Waals surface area contributed by atoms with Crippen LogP contribution < -0.4 is 5.32 Å². The lowest BCUT2D eigenvalue weighted by Crippen LogP contribution is -2.37. The number of benzene rings is 1. The number of nitrogens with zero attached hydrogens (tertiary/aromatic N) is 2. The minimum atomic E-state index is -1.13. The fraction of sp³-hybridized carbons (Fsp3) is 0.333. The summed E-state index contributed by atoms with van der Waals surface area (Å²) in [7, 11) is 1.62. The van der Waals surface area contributed by atoms with Crippen molar-refractivity contribution in [3.8, 4) is 0 Å². The summed E-state index contributed by atoms with van der Waals surface area (Å²) in [6, 6.07) is 4.06. The van der Waals surface area contributed by atoms with Crippen molar-refractivity contribution in [1.29, 1.82) is 0 Å². The van der Waals surface area contributed by atoms with Crippen LogP contribution in [0.1, 0.15) is 5.56 Å². The van der Waals surface area contributed by atoms with E-state index in [0.29, 0.717) is 10.6 Å². The van der Waals surface area contributed by atoms with E-state index in [1.165, 1.54) is 18.2 Å². The van der Waals surface area contributed by atoms with E-state index in [1.54, 1.807) is 11.9 Å². The van der Waals surface area contributed by atoms with Gasteiger partial charge in [0.1, 0.15) is 6.54 Å². The first-order chi connectivity index (χ1) is 9.79. The highest BCUT2D eigenvalue weighted by Gasteiger charge is 2.13. The third kappa shape index (κ3) is 5.76. The molecule has 0 saturated carbocycles. The Morgan fingerprint density at radius 3 is 2.71 bits per heavy atom. The van der Waals surface area contributed by atoms with Crippen molar-refractivity contribution in [3.05, 3.63) is 38.9 Å². The van der Waals surface area contributed by atoms with E-state index < -0.39 is 23.3 Å². The second-order valence-corrected chi connectivity index (χ2v) is 4.78. The number of rotatable bonds is 7. The molecule has 1 aromatic carbocycles. The highest BCUT2D eigenvalue weighted by molar-refractivity contribution is 6.31. The van der Waals surface area contributed by atoms with E-state index in [0.717, 1.165) is 0 Å². The fourth-order valence-electron chi connectivity index (χ4n) is 1.62. The molecule has 0 aliphatic carbocycles. The lowest BCUT2D eigenvalue weighted by Gasteiger charge is -2.16. The van der Waals surface area contributed by atoms with Crippen LogP contribution in [0.3, 0.4) is 0 Å². The molecule has 1 aromatic rings. The first kappa shape index (κ1) is 16.9. The number of hydrogen-bond donors (Lipinski definition) is 2. The Morgan fingerprint density at radius 1 is 1.48 bits per heavy atom. The van der Waals surface area contributed by atoms with Crippen LogP contribution in [0, 0.1) is 10.1 Å². The third-order valence-electron chi connectivity index (χ3n) is 2.53. The van der Waals surface area contributed by atoms with Crippen molar-refractivity contribution in [2.45, 2.75) is 6.54 Å². The van der Waals surface area contributed by atoms with Crippen molar-refractivity contribution in [3.63, 3.8) is 0 Å². The molecule has 0 heterocycles. The van der Waals surface area contributed by atoms with Crippen LogP contribution in [0.4, 0.5) is 5.69 Å². The summed E-state index contributed by atoms with van der Waals surface area (Å²) in [5.41, 5.74) is 0.428. The molecule has 21 heavy (non-hydrogen) atoms. The molecule has 1 rings (SSSR count). The number of aliphatic carboxylic acids is 1. The predicted molar refractivity (Wildman–Crippen MR) is 75.1 cm³/mol. The topological polar surface area (TPSA) is 113 Å². The monoisotopic (exact) mass is 315 g/mol. The van der Waals surface area contributed by atoms with Crippen molar-refractivity contribution >= 4 is 29.2 Å². The fourth-order valence-corrected chi connectivity index (χ4v) is 1.80. The Kier molecular flexibility index (Phi) is 6.07. The number of nitro groups is 1. The molecule has 0 saturated heterocycles. The number of non-ortho nitro benzene ring substituents is 1. The zero-order chi connectivity index (χ0) is 16.0. The van der Waals surface area contributed by atoms with Gasteiger partial charge in [0, 0.05) is 23.7 Å². The molecule has 2 N–H and O–H groups in total. The van der Waals surface area contributed by atoms with Crippen LogP contribution in [0.5, 0.6) is 0 Å². The van der Waals surface area contributed by atoms with Gasteiger partial charge in [0.05, 0.1) is 11.5 Å². The van der Waals surface area contributed by atoms with Gasteiger partial charge in [-0.25, -0.2) is 0 Å². The summed E-state index contributed by atoms with van der Waals surface area (Å²) >= 11 is 5.96. The number of amides is 1. The van der Waals surface area contributed by atoms with Gasteiger partial charge in [-0.15, -0.1) is 0 Å². The van der Waals surface area contributed by atoms with Crippen LogP contribution in [0.15, 0.2) is 18.2 Å². The SMILES string of the molecule is CN(CC(=O)NCC(=O)O)Cc1cc([N+](=O)[O-])ccc1Cl. The average Bonchev–Trinajstić information content (AvgIpc) is 2.38. The molecule has 8 nitrogen and oxygen atoms in total. The maximum Gasteiger partial charge on any atom is 0.322 e. The molecule has 0 radical (unpaired) electrons. The lowest BCUT2D eigenvalue weighted by atomic mass is 10.2. The zero-order valence-corrected chi connectivity index (χ0v) is 12.0. The summed E-state index contributed by atoms with van der Waals surface area (Å²) in [5.74, 6) is -1.59. The maximum atomic E-state index is 11.5. The number of likely N-dealkylation sites (N-methyl/N-ethyl adjacent to an activating group) is 1. The number of carboxylic acid groups (broad SMARTS) is 1. The van der Waals surface area contributed by atoms with Gasteiger partial charge < -0.3 is 10.4 Å². The minimum absolute atomic E-state index is 0.0493. The standard InChI is InChI=1S/C12H14ClN3O5/c1-15(7-11(17)14-5-12(18)19)6-8-4-9(16(20)21)2-3-10(8)13/h2-4H,5-7H2,1H3,(H,14,17)(H,18,19). The second kappa shape index (κ2) is 7.55. The molecule has 0 fully saturated rings. The number of halogens is 1. The first-order valence-electron chi connectivity index (χ1n) is 5.89. The van der Waals surface area contributed by atoms with Crippen molar-refractivity contribution in [2.75, 3.05) is 20.1 Å². The normalized spacial score (nSPS) is 10.4. The van der Waals surface area contributed by atoms with Gasteiger partial charge in [-0.2, -0.15) is 0 Å². The molecule has 114 valence electrons. The molecule has 0 aromatic heterocycles. The zero-order valence-electron chi connectivity index (χ0n) is 11.2. The first-order valence-corrected chi connectivity index (χ1v) is 6.27. The molecule has 9 heteroatoms. The Balaban J connectivity index is 2.64. The van der Waals surface area contributed by atoms with Gasteiger partial charge in [-0.3, -0.25) is 24.6 Å². The van der Waals surface area contributed by atoms with Crippen LogP contribution in [0.25, 0.3) is 0 Å². The van der Waals surface area contributed by atoms with Gasteiger partial charge in [-0.05, 0) is 18.7 Å². The summed E-state index contributed by atoms with van der Waals surface area (Å²) in [6.07, 6.45) is 0. The molecular formula is C12H14ClN3O5. The molecule has 0 spiro atoms. The highest BCUT2D eigenvalue weighted by atomic mass is 35.5. The average molecular weight is 316 g/mol. The number of carbonyl (C=O) groups is 2.